The van der Waals surface area contributed by atoms with Crippen LogP contribution in [0.5, 0.6) is 0 Å². The van der Waals surface area contributed by atoms with Gasteiger partial charge in [-0.05, 0) is 13.8 Å². The molecule has 1 heterocycles. The van der Waals surface area contributed by atoms with Crippen molar-refractivity contribution in [2.24, 2.45) is 0 Å². The maximum Gasteiger partial charge on any atom is 0.358 e. The van der Waals surface area contributed by atoms with Gasteiger partial charge in [0.1, 0.15) is 12.4 Å². The third-order valence-corrected chi connectivity index (χ3v) is 2.05. The first-order chi connectivity index (χ1) is 8.63. The summed E-state index contributed by atoms with van der Waals surface area (Å²) < 4.78 is 23.0. The molecule has 1 aromatic rings. The van der Waals surface area contributed by atoms with Crippen molar-refractivity contribution >= 4 is 11.9 Å². The van der Waals surface area contributed by atoms with Crippen LogP contribution in [0.2, 0.25) is 0 Å². The van der Waals surface area contributed by atoms with Gasteiger partial charge in [0.25, 0.3) is 0 Å². The monoisotopic (exact) mass is 258 g/mol. The van der Waals surface area contributed by atoms with E-state index in [0.29, 0.717) is 0 Å². The molecule has 100 valence electrons. The van der Waals surface area contributed by atoms with Gasteiger partial charge in [0.15, 0.2) is 5.69 Å². The number of aromatic nitrogens is 2. The Bertz CT molecular complexity index is 431. The average Bonchev–Trinajstić information content (AvgIpc) is 2.74. The lowest BCUT2D eigenvalue weighted by atomic mass is 10.3. The lowest BCUT2D eigenvalue weighted by Gasteiger charge is -2.03. The third-order valence-electron chi connectivity index (χ3n) is 2.05. The quantitative estimate of drug-likeness (QED) is 0.717. The number of alkyl halides is 1. The van der Waals surface area contributed by atoms with E-state index in [9.17, 15) is 14.0 Å². The number of hydrogen-bond donors (Lipinski definition) is 0. The van der Waals surface area contributed by atoms with Gasteiger partial charge in [-0.15, -0.1) is 0 Å². The van der Waals surface area contributed by atoms with Crippen molar-refractivity contribution in [2.75, 3.05) is 19.9 Å². The number of esters is 2. The van der Waals surface area contributed by atoms with E-state index in [1.165, 1.54) is 6.07 Å². The largest absolute Gasteiger partial charge is 0.461 e. The first kappa shape index (κ1) is 14.1. The Morgan fingerprint density at radius 3 is 2.44 bits per heavy atom. The van der Waals surface area contributed by atoms with Crippen molar-refractivity contribution in [1.82, 2.24) is 9.78 Å². The summed E-state index contributed by atoms with van der Waals surface area (Å²) in [6, 6.07) is 1.24. The minimum atomic E-state index is -0.698. The summed E-state index contributed by atoms with van der Waals surface area (Å²) in [5.41, 5.74) is 0.00547. The van der Waals surface area contributed by atoms with Crippen LogP contribution >= 0.6 is 0 Å². The van der Waals surface area contributed by atoms with Crippen LogP contribution in [0.1, 0.15) is 34.8 Å². The van der Waals surface area contributed by atoms with E-state index >= 15 is 0 Å². The van der Waals surface area contributed by atoms with Crippen LogP contribution in [-0.2, 0) is 16.0 Å². The number of ether oxygens (including phenoxy) is 2. The maximum absolute atomic E-state index is 12.3. The minimum absolute atomic E-state index is 0.0339. The third kappa shape index (κ3) is 3.28. The van der Waals surface area contributed by atoms with Crippen LogP contribution in [0.25, 0.3) is 0 Å². The van der Waals surface area contributed by atoms with Crippen LogP contribution in [0.15, 0.2) is 6.07 Å². The Hall–Kier alpha value is -1.92. The summed E-state index contributed by atoms with van der Waals surface area (Å²) in [5, 5.41) is 3.82. The SMILES string of the molecule is CCOC(=O)c1cc(C(=O)OCC)n(CCF)n1. The molecule has 0 spiro atoms. The maximum atomic E-state index is 12.3. The van der Waals surface area contributed by atoms with Gasteiger partial charge in [0, 0.05) is 6.07 Å². The van der Waals surface area contributed by atoms with E-state index in [2.05, 4.69) is 5.10 Å². The number of nitrogens with zero attached hydrogens (tertiary/aromatic N) is 2. The standard InChI is InChI=1S/C11H15FN2O4/c1-3-17-10(15)8-7-9(11(16)18-4-2)14(13-8)6-5-12/h7H,3-6H2,1-2H3. The average molecular weight is 258 g/mol. The Kier molecular flexibility index (Phi) is 5.29. The molecule has 0 amide bonds. The molecule has 18 heavy (non-hydrogen) atoms. The van der Waals surface area contributed by atoms with Crippen molar-refractivity contribution in [1.29, 1.82) is 0 Å². The summed E-state index contributed by atoms with van der Waals surface area (Å²) in [6.07, 6.45) is 0. The highest BCUT2D eigenvalue weighted by Crippen LogP contribution is 2.08. The van der Waals surface area contributed by atoms with E-state index in [0.717, 1.165) is 4.68 Å². The van der Waals surface area contributed by atoms with Crippen LogP contribution < -0.4 is 0 Å². The molecule has 0 saturated carbocycles. The van der Waals surface area contributed by atoms with Crippen molar-refractivity contribution in [3.63, 3.8) is 0 Å². The fourth-order valence-electron chi connectivity index (χ4n) is 1.34. The molecule has 0 atom stereocenters. The van der Waals surface area contributed by atoms with Crippen molar-refractivity contribution in [3.05, 3.63) is 17.5 Å². The van der Waals surface area contributed by atoms with Crippen LogP contribution in [-0.4, -0.2) is 41.6 Å². The second kappa shape index (κ2) is 6.73. The topological polar surface area (TPSA) is 70.4 Å². The summed E-state index contributed by atoms with van der Waals surface area (Å²) in [4.78, 5) is 23.0. The van der Waals surface area contributed by atoms with Crippen molar-refractivity contribution in [2.45, 2.75) is 20.4 Å². The molecule has 0 aliphatic carbocycles. The van der Waals surface area contributed by atoms with Gasteiger partial charge < -0.3 is 9.47 Å². The van der Waals surface area contributed by atoms with Gasteiger partial charge in [0.05, 0.1) is 19.8 Å². The first-order valence-corrected chi connectivity index (χ1v) is 5.62. The lowest BCUT2D eigenvalue weighted by Crippen LogP contribution is -2.14. The Morgan fingerprint density at radius 1 is 1.28 bits per heavy atom. The fourth-order valence-corrected chi connectivity index (χ4v) is 1.34. The summed E-state index contributed by atoms with van der Waals surface area (Å²) >= 11 is 0. The molecule has 1 aromatic heterocycles. The molecule has 1 rings (SSSR count). The van der Waals surface area contributed by atoms with Crippen molar-refractivity contribution in [3.8, 4) is 0 Å². The molecular formula is C11H15FN2O4. The second-order valence-corrected chi connectivity index (χ2v) is 3.27. The summed E-state index contributed by atoms with van der Waals surface area (Å²) in [7, 11) is 0. The zero-order valence-corrected chi connectivity index (χ0v) is 10.3. The lowest BCUT2D eigenvalue weighted by molar-refractivity contribution is 0.0505. The molecule has 0 fully saturated rings. The van der Waals surface area contributed by atoms with Crippen LogP contribution in [0.3, 0.4) is 0 Å². The normalized spacial score (nSPS) is 10.2. The van der Waals surface area contributed by atoms with Crippen molar-refractivity contribution < 1.29 is 23.5 Å². The summed E-state index contributed by atoms with van der Waals surface area (Å²) in [6.45, 7) is 2.88. The van der Waals surface area contributed by atoms with Gasteiger partial charge in [-0.2, -0.15) is 5.10 Å². The highest BCUT2D eigenvalue weighted by atomic mass is 19.1. The number of hydrogen-bond acceptors (Lipinski definition) is 5. The van der Waals surface area contributed by atoms with Gasteiger partial charge in [-0.3, -0.25) is 4.68 Å². The molecule has 0 N–H and O–H groups in total. The van der Waals surface area contributed by atoms with E-state index in [4.69, 9.17) is 9.47 Å². The smallest absolute Gasteiger partial charge is 0.358 e. The number of halogens is 1. The number of carbonyl (C=O) groups excluding carboxylic acids is 2. The van der Waals surface area contributed by atoms with E-state index in [1.54, 1.807) is 13.8 Å². The molecule has 7 heteroatoms. The molecule has 0 unspecified atom stereocenters. The van der Waals surface area contributed by atoms with E-state index in [1.807, 2.05) is 0 Å². The zero-order valence-electron chi connectivity index (χ0n) is 10.3. The second-order valence-electron chi connectivity index (χ2n) is 3.27. The van der Waals surface area contributed by atoms with Gasteiger partial charge in [-0.25, -0.2) is 14.0 Å². The molecule has 0 radical (unpaired) electrons. The fraction of sp³-hybridized carbons (Fsp3) is 0.545. The Balaban J connectivity index is 3.00. The Labute approximate surface area is 104 Å². The summed E-state index contributed by atoms with van der Waals surface area (Å²) in [5.74, 6) is -1.30. The highest BCUT2D eigenvalue weighted by molar-refractivity contribution is 5.93. The molecular weight excluding hydrogens is 243 g/mol. The predicted molar refractivity (Wildman–Crippen MR) is 60.1 cm³/mol. The first-order valence-electron chi connectivity index (χ1n) is 5.62. The van der Waals surface area contributed by atoms with Crippen LogP contribution in [0.4, 0.5) is 4.39 Å². The van der Waals surface area contributed by atoms with Crippen LogP contribution in [0, 0.1) is 0 Å². The van der Waals surface area contributed by atoms with Gasteiger partial charge >= 0.3 is 11.9 Å². The molecule has 0 bridgehead atoms. The molecule has 0 aromatic carbocycles. The molecule has 0 aliphatic heterocycles. The minimum Gasteiger partial charge on any atom is -0.461 e. The molecule has 6 nitrogen and oxygen atoms in total. The molecule has 0 aliphatic rings. The highest BCUT2D eigenvalue weighted by Gasteiger charge is 2.20. The van der Waals surface area contributed by atoms with E-state index in [-0.39, 0.29) is 31.1 Å². The Morgan fingerprint density at radius 2 is 1.89 bits per heavy atom. The van der Waals surface area contributed by atoms with Gasteiger partial charge in [-0.1, -0.05) is 0 Å². The van der Waals surface area contributed by atoms with E-state index < -0.39 is 18.6 Å². The number of rotatable bonds is 6. The zero-order chi connectivity index (χ0) is 13.5. The van der Waals surface area contributed by atoms with Gasteiger partial charge in [0.2, 0.25) is 0 Å². The number of aryl methyl sites for hydroxylation is 1. The molecule has 0 saturated heterocycles. The predicted octanol–water partition coefficient (Wildman–Crippen LogP) is 1.21. The number of carbonyl (C=O) groups is 2.